The van der Waals surface area contributed by atoms with Crippen LogP contribution in [0.15, 0.2) is 11.2 Å². The Bertz CT molecular complexity index is 733. The van der Waals surface area contributed by atoms with Crippen LogP contribution in [-0.2, 0) is 17.8 Å². The van der Waals surface area contributed by atoms with E-state index in [2.05, 4.69) is 33.9 Å². The number of aryl methyl sites for hydroxylation is 1. The van der Waals surface area contributed by atoms with Gasteiger partial charge in [-0.05, 0) is 49.6 Å². The van der Waals surface area contributed by atoms with Crippen LogP contribution >= 0.6 is 11.8 Å². The number of hydrogen-bond acceptors (Lipinski definition) is 6. The van der Waals surface area contributed by atoms with E-state index in [0.717, 1.165) is 49.4 Å². The van der Waals surface area contributed by atoms with Gasteiger partial charge in [-0.3, -0.25) is 4.79 Å². The molecule has 1 aliphatic rings. The molecule has 25 heavy (non-hydrogen) atoms. The molecule has 1 atom stereocenters. The summed E-state index contributed by atoms with van der Waals surface area (Å²) in [5, 5.41) is 12.5. The highest BCUT2D eigenvalue weighted by Gasteiger charge is 2.20. The highest BCUT2D eigenvalue weighted by atomic mass is 32.2. The molecule has 1 fully saturated rings. The van der Waals surface area contributed by atoms with E-state index < -0.39 is 0 Å². The third kappa shape index (κ3) is 4.12. The Kier molecular flexibility index (Phi) is 5.90. The number of aromatic nitrogens is 5. The standard InChI is InChI=1S/C17H25N5O2S/c1-4-7-21-12(2)9-15(13(21)3)16(23)11-25-17-18-19-20-22(17)10-14-6-5-8-24-14/h9,14H,4-8,10-11H2,1-3H3. The third-order valence-electron chi connectivity index (χ3n) is 4.55. The lowest BCUT2D eigenvalue weighted by Crippen LogP contribution is -2.17. The fourth-order valence-electron chi connectivity index (χ4n) is 3.25. The molecule has 0 saturated carbocycles. The van der Waals surface area contributed by atoms with Gasteiger partial charge in [0.2, 0.25) is 5.16 Å². The summed E-state index contributed by atoms with van der Waals surface area (Å²) in [4.78, 5) is 12.6. The van der Waals surface area contributed by atoms with E-state index in [0.29, 0.717) is 17.5 Å². The molecule has 0 N–H and O–H groups in total. The van der Waals surface area contributed by atoms with E-state index in [-0.39, 0.29) is 11.9 Å². The predicted octanol–water partition coefficient (Wildman–Crippen LogP) is 2.66. The summed E-state index contributed by atoms with van der Waals surface area (Å²) in [6.07, 6.45) is 3.34. The van der Waals surface area contributed by atoms with Crippen LogP contribution in [0.4, 0.5) is 0 Å². The topological polar surface area (TPSA) is 74.8 Å². The van der Waals surface area contributed by atoms with Crippen LogP contribution in [0.5, 0.6) is 0 Å². The minimum absolute atomic E-state index is 0.118. The minimum Gasteiger partial charge on any atom is -0.376 e. The number of tetrazole rings is 1. The fourth-order valence-corrected chi connectivity index (χ4v) is 4.02. The quantitative estimate of drug-likeness (QED) is 0.530. The zero-order chi connectivity index (χ0) is 17.8. The highest BCUT2D eigenvalue weighted by Crippen LogP contribution is 2.22. The predicted molar refractivity (Wildman–Crippen MR) is 96.0 cm³/mol. The van der Waals surface area contributed by atoms with Crippen molar-refractivity contribution in [3.8, 4) is 0 Å². The maximum absolute atomic E-state index is 12.6. The molecule has 0 spiro atoms. The molecule has 1 saturated heterocycles. The summed E-state index contributed by atoms with van der Waals surface area (Å²) in [7, 11) is 0. The number of ether oxygens (including phenoxy) is 1. The Hall–Kier alpha value is -1.67. The van der Waals surface area contributed by atoms with Crippen LogP contribution < -0.4 is 0 Å². The molecule has 1 unspecified atom stereocenters. The second-order valence-electron chi connectivity index (χ2n) is 6.43. The maximum atomic E-state index is 12.6. The van der Waals surface area contributed by atoms with E-state index >= 15 is 0 Å². The summed E-state index contributed by atoms with van der Waals surface area (Å²) in [5.41, 5.74) is 2.98. The molecule has 0 bridgehead atoms. The van der Waals surface area contributed by atoms with Crippen LogP contribution in [0.3, 0.4) is 0 Å². The van der Waals surface area contributed by atoms with Crippen LogP contribution in [0.1, 0.15) is 47.9 Å². The van der Waals surface area contributed by atoms with E-state index in [9.17, 15) is 4.79 Å². The van der Waals surface area contributed by atoms with Crippen molar-refractivity contribution >= 4 is 17.5 Å². The summed E-state index contributed by atoms with van der Waals surface area (Å²) in [5.74, 6) is 0.453. The van der Waals surface area contributed by atoms with E-state index in [1.807, 2.05) is 13.0 Å². The smallest absolute Gasteiger partial charge is 0.209 e. The van der Waals surface area contributed by atoms with Crippen molar-refractivity contribution in [3.05, 3.63) is 23.0 Å². The van der Waals surface area contributed by atoms with Crippen molar-refractivity contribution < 1.29 is 9.53 Å². The zero-order valence-electron chi connectivity index (χ0n) is 15.1. The largest absolute Gasteiger partial charge is 0.376 e. The van der Waals surface area contributed by atoms with Gasteiger partial charge in [-0.2, -0.15) is 0 Å². The minimum atomic E-state index is 0.118. The van der Waals surface area contributed by atoms with Gasteiger partial charge in [0.15, 0.2) is 5.78 Å². The lowest BCUT2D eigenvalue weighted by Gasteiger charge is -2.10. The Morgan fingerprint density at radius 2 is 2.28 bits per heavy atom. The summed E-state index contributed by atoms with van der Waals surface area (Å²) in [6.45, 7) is 8.61. The van der Waals surface area contributed by atoms with Crippen LogP contribution in [0, 0.1) is 13.8 Å². The Labute approximate surface area is 152 Å². The molecule has 1 aliphatic heterocycles. The van der Waals surface area contributed by atoms with Crippen molar-refractivity contribution in [1.29, 1.82) is 0 Å². The molecule has 2 aromatic heterocycles. The Morgan fingerprint density at radius 3 is 3.00 bits per heavy atom. The van der Waals surface area contributed by atoms with Crippen LogP contribution in [0.2, 0.25) is 0 Å². The first-order valence-corrected chi connectivity index (χ1v) is 9.79. The molecule has 0 amide bonds. The number of Topliss-reactive ketones (excluding diaryl/α,β-unsaturated/α-hetero) is 1. The number of hydrogen-bond donors (Lipinski definition) is 0. The molecule has 2 aromatic rings. The first-order chi connectivity index (χ1) is 12.1. The Balaban J connectivity index is 1.63. The van der Waals surface area contributed by atoms with E-state index in [1.54, 1.807) is 4.68 Å². The number of carbonyl (C=O) groups excluding carboxylic acids is 1. The highest BCUT2D eigenvalue weighted by molar-refractivity contribution is 7.99. The van der Waals surface area contributed by atoms with Gasteiger partial charge in [0, 0.05) is 30.1 Å². The lowest BCUT2D eigenvalue weighted by atomic mass is 10.2. The van der Waals surface area contributed by atoms with Gasteiger partial charge in [-0.1, -0.05) is 18.7 Å². The lowest BCUT2D eigenvalue weighted by molar-refractivity contribution is 0.0912. The molecule has 0 aromatic carbocycles. The van der Waals surface area contributed by atoms with Crippen LogP contribution in [0.25, 0.3) is 0 Å². The summed E-state index contributed by atoms with van der Waals surface area (Å²) >= 11 is 1.39. The summed E-state index contributed by atoms with van der Waals surface area (Å²) < 4.78 is 9.59. The number of carbonyl (C=O) groups is 1. The van der Waals surface area contributed by atoms with Gasteiger partial charge in [-0.25, -0.2) is 4.68 Å². The van der Waals surface area contributed by atoms with Gasteiger partial charge in [0.25, 0.3) is 0 Å². The van der Waals surface area contributed by atoms with Crippen molar-refractivity contribution in [2.45, 2.75) is 64.4 Å². The molecule has 8 heteroatoms. The van der Waals surface area contributed by atoms with Gasteiger partial charge in [-0.15, -0.1) is 5.10 Å². The van der Waals surface area contributed by atoms with E-state index in [4.69, 9.17) is 4.74 Å². The van der Waals surface area contributed by atoms with E-state index in [1.165, 1.54) is 11.8 Å². The average Bonchev–Trinajstić information content (AvgIpc) is 3.31. The van der Waals surface area contributed by atoms with Crippen LogP contribution in [-0.4, -0.2) is 49.0 Å². The maximum Gasteiger partial charge on any atom is 0.209 e. The second-order valence-corrected chi connectivity index (χ2v) is 7.37. The second kappa shape index (κ2) is 8.14. The first kappa shape index (κ1) is 18.1. The molecule has 7 nitrogen and oxygen atoms in total. The molecular weight excluding hydrogens is 338 g/mol. The molecule has 0 aliphatic carbocycles. The number of thioether (sulfide) groups is 1. The monoisotopic (exact) mass is 363 g/mol. The SMILES string of the molecule is CCCn1c(C)cc(C(=O)CSc2nnnn2CC2CCCO2)c1C. The fraction of sp³-hybridized carbons (Fsp3) is 0.647. The average molecular weight is 363 g/mol. The van der Waals surface area contributed by atoms with Gasteiger partial charge >= 0.3 is 0 Å². The number of ketones is 1. The Morgan fingerprint density at radius 1 is 1.44 bits per heavy atom. The van der Waals surface area contributed by atoms with Crippen molar-refractivity contribution in [2.75, 3.05) is 12.4 Å². The van der Waals surface area contributed by atoms with Gasteiger partial charge in [0.1, 0.15) is 0 Å². The van der Waals surface area contributed by atoms with Gasteiger partial charge in [0.05, 0.1) is 18.4 Å². The van der Waals surface area contributed by atoms with Gasteiger partial charge < -0.3 is 9.30 Å². The number of nitrogens with zero attached hydrogens (tertiary/aromatic N) is 5. The molecule has 0 radical (unpaired) electrons. The van der Waals surface area contributed by atoms with Crippen molar-refractivity contribution in [1.82, 2.24) is 24.8 Å². The molecule has 3 rings (SSSR count). The van der Waals surface area contributed by atoms with Crippen molar-refractivity contribution in [3.63, 3.8) is 0 Å². The zero-order valence-corrected chi connectivity index (χ0v) is 15.9. The normalized spacial score (nSPS) is 17.3. The van der Waals surface area contributed by atoms with Crippen molar-refractivity contribution in [2.24, 2.45) is 0 Å². The number of rotatable bonds is 8. The molecule has 136 valence electrons. The summed E-state index contributed by atoms with van der Waals surface area (Å²) in [6, 6.07) is 1.99. The molecule has 3 heterocycles. The third-order valence-corrected chi connectivity index (χ3v) is 5.51. The first-order valence-electron chi connectivity index (χ1n) is 8.80. The molecular formula is C17H25N5O2S.